The molecule has 1 aromatic carbocycles. The fourth-order valence-electron chi connectivity index (χ4n) is 3.24. The van der Waals surface area contributed by atoms with E-state index in [1.54, 1.807) is 24.3 Å². The molecule has 1 saturated heterocycles. The van der Waals surface area contributed by atoms with Crippen molar-refractivity contribution in [1.29, 1.82) is 0 Å². The predicted molar refractivity (Wildman–Crippen MR) is 102 cm³/mol. The van der Waals surface area contributed by atoms with Crippen LogP contribution in [0.4, 0.5) is 0 Å². The van der Waals surface area contributed by atoms with Crippen LogP contribution in [0.1, 0.15) is 39.4 Å². The maximum absolute atomic E-state index is 11.3. The Kier molecular flexibility index (Phi) is 7.44. The SMILES string of the molecule is C[C@@H](NC(C)(C)C)[C@H](OC1O[C@H](C(=O)O)[C@@H](O)[C@H](O)[C@H]1O)c1cccc(Cl)c1. The van der Waals surface area contributed by atoms with Gasteiger partial charge >= 0.3 is 5.97 Å². The molecule has 28 heavy (non-hydrogen) atoms. The lowest BCUT2D eigenvalue weighted by molar-refractivity contribution is -0.307. The molecular weight excluding hydrogens is 390 g/mol. The number of hydrogen-bond donors (Lipinski definition) is 5. The molecule has 0 aliphatic carbocycles. The summed E-state index contributed by atoms with van der Waals surface area (Å²) in [5.41, 5.74) is 0.422. The van der Waals surface area contributed by atoms with Crippen molar-refractivity contribution in [3.8, 4) is 0 Å². The van der Waals surface area contributed by atoms with E-state index >= 15 is 0 Å². The van der Waals surface area contributed by atoms with Crippen LogP contribution in [0.2, 0.25) is 5.02 Å². The summed E-state index contributed by atoms with van der Waals surface area (Å²) in [7, 11) is 0. The highest BCUT2D eigenvalue weighted by Crippen LogP contribution is 2.31. The van der Waals surface area contributed by atoms with Crippen molar-refractivity contribution >= 4 is 17.6 Å². The number of ether oxygens (including phenoxy) is 2. The van der Waals surface area contributed by atoms with Crippen LogP contribution in [0.25, 0.3) is 0 Å². The molecule has 2 rings (SSSR count). The highest BCUT2D eigenvalue weighted by molar-refractivity contribution is 6.30. The van der Waals surface area contributed by atoms with Crippen molar-refractivity contribution in [2.75, 3.05) is 0 Å². The maximum Gasteiger partial charge on any atom is 0.335 e. The first kappa shape index (κ1) is 23.0. The molecule has 1 aliphatic heterocycles. The summed E-state index contributed by atoms with van der Waals surface area (Å²) < 4.78 is 11.2. The van der Waals surface area contributed by atoms with E-state index in [1.807, 2.05) is 27.7 Å². The first-order valence-corrected chi connectivity index (χ1v) is 9.39. The Morgan fingerprint density at radius 2 is 1.86 bits per heavy atom. The molecule has 8 nitrogen and oxygen atoms in total. The topological polar surface area (TPSA) is 128 Å². The molecule has 7 atom stereocenters. The molecule has 1 aliphatic rings. The highest BCUT2D eigenvalue weighted by Gasteiger charge is 2.48. The van der Waals surface area contributed by atoms with E-state index in [0.717, 1.165) is 0 Å². The average molecular weight is 418 g/mol. The van der Waals surface area contributed by atoms with Gasteiger partial charge in [-0.2, -0.15) is 0 Å². The van der Waals surface area contributed by atoms with Crippen molar-refractivity contribution in [2.24, 2.45) is 0 Å². The Morgan fingerprint density at radius 1 is 1.21 bits per heavy atom. The van der Waals surface area contributed by atoms with Gasteiger partial charge in [0.1, 0.15) is 24.4 Å². The van der Waals surface area contributed by atoms with Crippen molar-refractivity contribution in [3.63, 3.8) is 0 Å². The zero-order valence-electron chi connectivity index (χ0n) is 16.2. The molecule has 0 aromatic heterocycles. The van der Waals surface area contributed by atoms with E-state index in [4.69, 9.17) is 21.1 Å². The van der Waals surface area contributed by atoms with E-state index in [2.05, 4.69) is 5.32 Å². The van der Waals surface area contributed by atoms with Crippen LogP contribution in [0, 0.1) is 0 Å². The molecule has 0 amide bonds. The van der Waals surface area contributed by atoms with Gasteiger partial charge in [0.15, 0.2) is 12.4 Å². The van der Waals surface area contributed by atoms with Crippen LogP contribution in [0.3, 0.4) is 0 Å². The Labute approximate surface area is 169 Å². The lowest BCUT2D eigenvalue weighted by Gasteiger charge is -2.41. The number of rotatable bonds is 6. The summed E-state index contributed by atoms with van der Waals surface area (Å²) >= 11 is 6.10. The van der Waals surface area contributed by atoms with Crippen LogP contribution in [-0.2, 0) is 14.3 Å². The Morgan fingerprint density at radius 3 is 2.39 bits per heavy atom. The lowest BCUT2D eigenvalue weighted by atomic mass is 9.97. The minimum Gasteiger partial charge on any atom is -0.479 e. The van der Waals surface area contributed by atoms with Crippen molar-refractivity contribution in [3.05, 3.63) is 34.9 Å². The minimum atomic E-state index is -1.78. The molecule has 1 fully saturated rings. The number of carbonyl (C=O) groups is 1. The van der Waals surface area contributed by atoms with E-state index in [1.165, 1.54) is 0 Å². The second-order valence-electron chi connectivity index (χ2n) is 8.03. The lowest BCUT2D eigenvalue weighted by Crippen LogP contribution is -2.61. The Balaban J connectivity index is 2.31. The third-order valence-electron chi connectivity index (χ3n) is 4.39. The fraction of sp³-hybridized carbons (Fsp3) is 0.632. The molecule has 5 N–H and O–H groups in total. The zero-order chi connectivity index (χ0) is 21.2. The zero-order valence-corrected chi connectivity index (χ0v) is 17.0. The van der Waals surface area contributed by atoms with Crippen molar-refractivity contribution in [1.82, 2.24) is 5.32 Å². The first-order valence-electron chi connectivity index (χ1n) is 9.02. The maximum atomic E-state index is 11.3. The third kappa shape index (κ3) is 5.64. The van der Waals surface area contributed by atoms with Crippen LogP contribution < -0.4 is 5.32 Å². The number of halogens is 1. The third-order valence-corrected chi connectivity index (χ3v) is 4.62. The standard InChI is InChI=1S/C19H28ClNO7/c1-9(21-19(2,3)4)15(10-6-5-7-11(20)8-10)27-18-14(24)12(22)13(23)16(28-18)17(25)26/h5-9,12-16,18,21-24H,1-4H3,(H,25,26)/t9-,12+,13+,14-,15+,16+,18?/m1/s1. The smallest absolute Gasteiger partial charge is 0.335 e. The van der Waals surface area contributed by atoms with Gasteiger partial charge in [-0.25, -0.2) is 4.79 Å². The number of carboxylic acids is 1. The first-order chi connectivity index (χ1) is 12.9. The van der Waals surface area contributed by atoms with Gasteiger partial charge in [-0.1, -0.05) is 23.7 Å². The molecule has 1 heterocycles. The molecule has 0 spiro atoms. The number of aliphatic carboxylic acids is 1. The van der Waals surface area contributed by atoms with Crippen LogP contribution >= 0.6 is 11.6 Å². The number of aliphatic hydroxyl groups excluding tert-OH is 3. The molecule has 0 radical (unpaired) electrons. The van der Waals surface area contributed by atoms with Gasteiger partial charge in [-0.15, -0.1) is 0 Å². The molecule has 0 bridgehead atoms. The van der Waals surface area contributed by atoms with Gasteiger partial charge in [0.2, 0.25) is 0 Å². The monoisotopic (exact) mass is 417 g/mol. The van der Waals surface area contributed by atoms with E-state index < -0.39 is 42.8 Å². The molecule has 1 unspecified atom stereocenters. The second-order valence-corrected chi connectivity index (χ2v) is 8.47. The Hall–Kier alpha value is -1.26. The summed E-state index contributed by atoms with van der Waals surface area (Å²) in [4.78, 5) is 11.3. The van der Waals surface area contributed by atoms with Gasteiger partial charge in [-0.05, 0) is 45.4 Å². The summed E-state index contributed by atoms with van der Waals surface area (Å²) in [5, 5.41) is 43.2. The fourth-order valence-corrected chi connectivity index (χ4v) is 3.44. The molecular formula is C19H28ClNO7. The van der Waals surface area contributed by atoms with Gasteiger partial charge in [0.05, 0.1) is 0 Å². The second kappa shape index (κ2) is 9.04. The molecule has 9 heteroatoms. The minimum absolute atomic E-state index is 0.259. The largest absolute Gasteiger partial charge is 0.479 e. The predicted octanol–water partition coefficient (Wildman–Crippen LogP) is 1.07. The normalized spacial score (nSPS) is 30.6. The molecule has 158 valence electrons. The van der Waals surface area contributed by atoms with E-state index in [0.29, 0.717) is 10.6 Å². The summed E-state index contributed by atoms with van der Waals surface area (Å²) in [5.74, 6) is -1.47. The quantitative estimate of drug-likeness (QED) is 0.465. The molecule has 1 aromatic rings. The van der Waals surface area contributed by atoms with Crippen LogP contribution in [0.15, 0.2) is 24.3 Å². The van der Waals surface area contributed by atoms with Crippen LogP contribution in [-0.4, -0.2) is 68.7 Å². The van der Waals surface area contributed by atoms with Crippen LogP contribution in [0.5, 0.6) is 0 Å². The van der Waals surface area contributed by atoms with E-state index in [9.17, 15) is 25.2 Å². The van der Waals surface area contributed by atoms with Gasteiger partial charge in [-0.3, -0.25) is 0 Å². The average Bonchev–Trinajstić information content (AvgIpc) is 2.57. The number of hydrogen-bond acceptors (Lipinski definition) is 7. The number of carboxylic acid groups (broad SMARTS) is 1. The molecule has 0 saturated carbocycles. The van der Waals surface area contributed by atoms with Crippen molar-refractivity contribution < 1.29 is 34.7 Å². The number of aliphatic hydroxyl groups is 3. The summed E-state index contributed by atoms with van der Waals surface area (Å²) in [6.07, 6.45) is -9.02. The summed E-state index contributed by atoms with van der Waals surface area (Å²) in [6, 6.07) is 6.64. The van der Waals surface area contributed by atoms with Gasteiger partial charge < -0.3 is 35.2 Å². The van der Waals surface area contributed by atoms with Gasteiger partial charge in [0.25, 0.3) is 0 Å². The number of benzene rings is 1. The van der Waals surface area contributed by atoms with E-state index in [-0.39, 0.29) is 11.6 Å². The Bertz CT molecular complexity index is 680. The van der Waals surface area contributed by atoms with Crippen molar-refractivity contribution in [2.45, 2.75) is 76.1 Å². The summed E-state index contributed by atoms with van der Waals surface area (Å²) in [6.45, 7) is 7.80. The highest BCUT2D eigenvalue weighted by atomic mass is 35.5. The van der Waals surface area contributed by atoms with Gasteiger partial charge in [0, 0.05) is 16.6 Å². The number of nitrogens with one attached hydrogen (secondary N) is 1.